The van der Waals surface area contributed by atoms with Gasteiger partial charge in [0, 0.05) is 12.5 Å². The van der Waals surface area contributed by atoms with Crippen LogP contribution >= 0.6 is 0 Å². The highest BCUT2D eigenvalue weighted by Crippen LogP contribution is 2.44. The van der Waals surface area contributed by atoms with Gasteiger partial charge in [-0.05, 0) is 58.9 Å². The van der Waals surface area contributed by atoms with E-state index < -0.39 is 6.09 Å². The Morgan fingerprint density at radius 3 is 2.42 bits per heavy atom. The highest BCUT2D eigenvalue weighted by molar-refractivity contribution is 5.79. The molecule has 1 aliphatic rings. The lowest BCUT2D eigenvalue weighted by molar-refractivity contribution is 0.143. The number of nitrogens with one attached hydrogen (secondary N) is 1. The molecule has 1 amide bonds. The smallest absolute Gasteiger partial charge is 0.407 e. The zero-order valence-corrected chi connectivity index (χ0v) is 17.5. The van der Waals surface area contributed by atoms with Crippen LogP contribution in [0.2, 0.25) is 0 Å². The SMILES string of the molecule is Cc1ccc(C#N)cc1C=CCCNC(=O)OCC1c2ccccc2-c2ccccc21. The largest absolute Gasteiger partial charge is 0.449 e. The Balaban J connectivity index is 1.28. The van der Waals surface area contributed by atoms with Crippen LogP contribution in [0.5, 0.6) is 0 Å². The summed E-state index contributed by atoms with van der Waals surface area (Å²) in [5, 5.41) is 11.8. The summed E-state index contributed by atoms with van der Waals surface area (Å²) < 4.78 is 5.54. The molecule has 0 unspecified atom stereocenters. The van der Waals surface area contributed by atoms with Gasteiger partial charge in [0.15, 0.2) is 0 Å². The molecular formula is C27H24N2O2. The number of aryl methyl sites for hydroxylation is 1. The molecule has 0 aromatic heterocycles. The standard InChI is InChI=1S/C27H24N2O2/c1-19-13-14-20(17-28)16-21(19)8-6-7-15-29-27(30)31-18-26-24-11-4-2-9-22(24)23-10-3-5-12-25(23)26/h2-6,8-14,16,26H,7,15,18H2,1H3,(H,29,30). The lowest BCUT2D eigenvalue weighted by Crippen LogP contribution is -2.26. The van der Waals surface area contributed by atoms with Gasteiger partial charge in [-0.3, -0.25) is 0 Å². The summed E-state index contributed by atoms with van der Waals surface area (Å²) in [6.07, 6.45) is 4.25. The van der Waals surface area contributed by atoms with Gasteiger partial charge in [0.05, 0.1) is 11.6 Å². The van der Waals surface area contributed by atoms with Crippen molar-refractivity contribution in [3.05, 3.63) is 101 Å². The van der Waals surface area contributed by atoms with Gasteiger partial charge in [-0.15, -0.1) is 0 Å². The molecule has 4 heteroatoms. The fraction of sp³-hybridized carbons (Fsp3) is 0.185. The third-order valence-corrected chi connectivity index (χ3v) is 5.63. The van der Waals surface area contributed by atoms with Gasteiger partial charge in [-0.25, -0.2) is 4.79 Å². The van der Waals surface area contributed by atoms with Crippen molar-refractivity contribution in [3.8, 4) is 17.2 Å². The fourth-order valence-corrected chi connectivity index (χ4v) is 4.01. The normalized spacial score (nSPS) is 12.3. The second kappa shape index (κ2) is 9.32. The monoisotopic (exact) mass is 408 g/mol. The molecule has 1 N–H and O–H groups in total. The summed E-state index contributed by atoms with van der Waals surface area (Å²) in [6, 6.07) is 24.3. The van der Waals surface area contributed by atoms with E-state index in [1.165, 1.54) is 22.3 Å². The Bertz CT molecular complexity index is 1130. The van der Waals surface area contributed by atoms with Crippen LogP contribution in [-0.4, -0.2) is 19.2 Å². The van der Waals surface area contributed by atoms with Gasteiger partial charge >= 0.3 is 6.09 Å². The van der Waals surface area contributed by atoms with Crippen LogP contribution in [0, 0.1) is 18.3 Å². The first-order valence-corrected chi connectivity index (χ1v) is 10.4. The summed E-state index contributed by atoms with van der Waals surface area (Å²) >= 11 is 0. The maximum atomic E-state index is 12.2. The summed E-state index contributed by atoms with van der Waals surface area (Å²) in [4.78, 5) is 12.2. The number of nitriles is 1. The predicted octanol–water partition coefficient (Wildman–Crippen LogP) is 5.81. The summed E-state index contributed by atoms with van der Waals surface area (Å²) in [5.41, 5.74) is 7.60. The molecule has 0 spiro atoms. The lowest BCUT2D eigenvalue weighted by Gasteiger charge is -2.14. The predicted molar refractivity (Wildman–Crippen MR) is 123 cm³/mol. The lowest BCUT2D eigenvalue weighted by atomic mass is 9.98. The number of alkyl carbamates (subject to hydrolysis) is 1. The van der Waals surface area contributed by atoms with E-state index in [9.17, 15) is 4.79 Å². The number of amides is 1. The van der Waals surface area contributed by atoms with E-state index in [4.69, 9.17) is 10.00 Å². The van der Waals surface area contributed by atoms with Crippen LogP contribution in [0.3, 0.4) is 0 Å². The minimum Gasteiger partial charge on any atom is -0.449 e. The number of hydrogen-bond acceptors (Lipinski definition) is 3. The van der Waals surface area contributed by atoms with Gasteiger partial charge in [0.2, 0.25) is 0 Å². The Hall–Kier alpha value is -3.84. The van der Waals surface area contributed by atoms with Crippen LogP contribution in [-0.2, 0) is 4.74 Å². The molecule has 0 saturated heterocycles. The molecule has 0 radical (unpaired) electrons. The van der Waals surface area contributed by atoms with E-state index in [2.05, 4.69) is 35.7 Å². The highest BCUT2D eigenvalue weighted by Gasteiger charge is 2.28. The van der Waals surface area contributed by atoms with Crippen LogP contribution < -0.4 is 5.32 Å². The molecule has 0 aliphatic heterocycles. The first kappa shape index (κ1) is 20.4. The third kappa shape index (κ3) is 4.51. The summed E-state index contributed by atoms with van der Waals surface area (Å²) in [6.45, 7) is 2.82. The molecule has 0 saturated carbocycles. The van der Waals surface area contributed by atoms with Crippen LogP contribution in [0.4, 0.5) is 4.79 Å². The number of carbonyl (C=O) groups is 1. The zero-order chi connectivity index (χ0) is 21.6. The number of carbonyl (C=O) groups excluding carboxylic acids is 1. The molecule has 31 heavy (non-hydrogen) atoms. The molecule has 3 aromatic carbocycles. The number of nitrogens with zero attached hydrogens (tertiary/aromatic N) is 1. The topological polar surface area (TPSA) is 62.1 Å². The van der Waals surface area contributed by atoms with Crippen molar-refractivity contribution in [1.29, 1.82) is 5.26 Å². The highest BCUT2D eigenvalue weighted by atomic mass is 16.5. The van der Waals surface area contributed by atoms with Crippen molar-refractivity contribution in [1.82, 2.24) is 5.32 Å². The minimum absolute atomic E-state index is 0.0634. The Labute approximate surface area is 182 Å². The quantitative estimate of drug-likeness (QED) is 0.524. The van der Waals surface area contributed by atoms with E-state index in [1.54, 1.807) is 0 Å². The van der Waals surface area contributed by atoms with Crippen molar-refractivity contribution >= 4 is 12.2 Å². The minimum atomic E-state index is -0.405. The molecule has 0 fully saturated rings. The van der Waals surface area contributed by atoms with E-state index in [0.29, 0.717) is 25.1 Å². The van der Waals surface area contributed by atoms with E-state index in [0.717, 1.165) is 11.1 Å². The van der Waals surface area contributed by atoms with Gasteiger partial charge < -0.3 is 10.1 Å². The second-order valence-corrected chi connectivity index (χ2v) is 7.63. The Morgan fingerprint density at radius 2 is 1.74 bits per heavy atom. The maximum Gasteiger partial charge on any atom is 0.407 e. The molecule has 3 aromatic rings. The third-order valence-electron chi connectivity index (χ3n) is 5.63. The molecule has 0 bridgehead atoms. The van der Waals surface area contributed by atoms with Gasteiger partial charge in [0.1, 0.15) is 6.61 Å². The summed E-state index contributed by atoms with van der Waals surface area (Å²) in [7, 11) is 0. The number of ether oxygens (including phenoxy) is 1. The van der Waals surface area contributed by atoms with Crippen LogP contribution in [0.1, 0.15) is 40.2 Å². The number of fused-ring (bicyclic) bond motifs is 3. The Kier molecular flexibility index (Phi) is 6.14. The molecule has 154 valence electrons. The van der Waals surface area contributed by atoms with Gasteiger partial charge in [-0.1, -0.05) is 66.7 Å². The van der Waals surface area contributed by atoms with Crippen LogP contribution in [0.15, 0.2) is 72.8 Å². The van der Waals surface area contributed by atoms with Crippen molar-refractivity contribution in [3.63, 3.8) is 0 Å². The maximum absolute atomic E-state index is 12.2. The molecular weight excluding hydrogens is 384 g/mol. The Morgan fingerprint density at radius 1 is 1.06 bits per heavy atom. The zero-order valence-electron chi connectivity index (χ0n) is 17.5. The van der Waals surface area contributed by atoms with Crippen molar-refractivity contribution in [2.75, 3.05) is 13.2 Å². The van der Waals surface area contributed by atoms with Crippen molar-refractivity contribution in [2.45, 2.75) is 19.3 Å². The first-order chi connectivity index (χ1) is 15.2. The fourth-order valence-electron chi connectivity index (χ4n) is 4.01. The van der Waals surface area contributed by atoms with Gasteiger partial charge in [-0.2, -0.15) is 5.26 Å². The molecule has 0 heterocycles. The number of rotatable bonds is 6. The average Bonchev–Trinajstić information content (AvgIpc) is 3.12. The van der Waals surface area contributed by atoms with Gasteiger partial charge in [0.25, 0.3) is 0 Å². The average molecular weight is 409 g/mol. The van der Waals surface area contributed by atoms with E-state index in [-0.39, 0.29) is 5.92 Å². The number of hydrogen-bond donors (Lipinski definition) is 1. The molecule has 1 aliphatic carbocycles. The van der Waals surface area contributed by atoms with E-state index in [1.807, 2.05) is 61.5 Å². The summed E-state index contributed by atoms with van der Waals surface area (Å²) in [5.74, 6) is 0.0634. The van der Waals surface area contributed by atoms with Crippen molar-refractivity contribution < 1.29 is 9.53 Å². The second-order valence-electron chi connectivity index (χ2n) is 7.63. The molecule has 4 nitrogen and oxygen atoms in total. The van der Waals surface area contributed by atoms with Crippen molar-refractivity contribution in [2.24, 2.45) is 0 Å². The molecule has 0 atom stereocenters. The first-order valence-electron chi connectivity index (χ1n) is 10.4. The van der Waals surface area contributed by atoms with Crippen LogP contribution in [0.25, 0.3) is 17.2 Å². The van der Waals surface area contributed by atoms with E-state index >= 15 is 0 Å². The number of benzene rings is 3. The molecule has 4 rings (SSSR count).